The smallest absolute Gasteiger partial charge is 0.355 e. The minimum atomic E-state index is -1.54. The Hall–Kier alpha value is -2.37. The van der Waals surface area contributed by atoms with Crippen LogP contribution in [0.15, 0.2) is 24.3 Å². The lowest BCUT2D eigenvalue weighted by Crippen LogP contribution is -2.35. The summed E-state index contributed by atoms with van der Waals surface area (Å²) in [7, 11) is 1.50. The first-order chi connectivity index (χ1) is 9.49. The molecule has 0 aliphatic heterocycles. The molecule has 20 heavy (non-hydrogen) atoms. The largest absolute Gasteiger partial charge is 0.497 e. The molecule has 0 bridgehead atoms. The summed E-state index contributed by atoms with van der Waals surface area (Å²) in [5.74, 6) is -1.66. The van der Waals surface area contributed by atoms with Gasteiger partial charge in [-0.15, -0.1) is 0 Å². The van der Waals surface area contributed by atoms with Crippen molar-refractivity contribution in [3.8, 4) is 5.75 Å². The van der Waals surface area contributed by atoms with Crippen LogP contribution in [0.1, 0.15) is 24.2 Å². The van der Waals surface area contributed by atoms with Crippen molar-refractivity contribution in [3.05, 3.63) is 29.8 Å². The van der Waals surface area contributed by atoms with Gasteiger partial charge in [-0.05, 0) is 38.1 Å². The lowest BCUT2D eigenvalue weighted by atomic mass is 10.2. The highest BCUT2D eigenvalue weighted by Crippen LogP contribution is 2.13. The molecule has 108 valence electrons. The van der Waals surface area contributed by atoms with Gasteiger partial charge in [0, 0.05) is 0 Å². The number of carbonyl (C=O) groups is 3. The molecule has 0 aliphatic carbocycles. The van der Waals surface area contributed by atoms with Crippen molar-refractivity contribution in [2.24, 2.45) is 0 Å². The van der Waals surface area contributed by atoms with Crippen molar-refractivity contribution < 1.29 is 28.6 Å². The Morgan fingerprint density at radius 1 is 1.15 bits per heavy atom. The van der Waals surface area contributed by atoms with Crippen molar-refractivity contribution in [1.29, 1.82) is 0 Å². The summed E-state index contributed by atoms with van der Waals surface area (Å²) in [6.45, 7) is 2.85. The summed E-state index contributed by atoms with van der Waals surface area (Å²) in [6.07, 6.45) is -1.54. The Morgan fingerprint density at radius 3 is 2.20 bits per heavy atom. The minimum absolute atomic E-state index is 0.0999. The Kier molecular flexibility index (Phi) is 5.71. The molecule has 1 rings (SSSR count). The molecule has 1 atom stereocenters. The van der Waals surface area contributed by atoms with E-state index in [2.05, 4.69) is 4.74 Å². The second-order valence-corrected chi connectivity index (χ2v) is 3.88. The van der Waals surface area contributed by atoms with E-state index in [0.717, 1.165) is 6.92 Å². The van der Waals surface area contributed by atoms with E-state index in [1.807, 2.05) is 0 Å². The maximum atomic E-state index is 11.8. The number of methoxy groups -OCH3 is 1. The van der Waals surface area contributed by atoms with Gasteiger partial charge >= 0.3 is 11.9 Å². The molecule has 0 saturated heterocycles. The second-order valence-electron chi connectivity index (χ2n) is 3.88. The molecule has 0 fully saturated rings. The van der Waals surface area contributed by atoms with Gasteiger partial charge in [0.2, 0.25) is 0 Å². The highest BCUT2D eigenvalue weighted by atomic mass is 16.6. The minimum Gasteiger partial charge on any atom is -0.497 e. The fraction of sp³-hybridized carbons (Fsp3) is 0.357. The van der Waals surface area contributed by atoms with E-state index in [0.29, 0.717) is 5.75 Å². The summed E-state index contributed by atoms with van der Waals surface area (Å²) in [5, 5.41) is 0. The van der Waals surface area contributed by atoms with Gasteiger partial charge in [-0.2, -0.15) is 0 Å². The number of hydrogen-bond acceptors (Lipinski definition) is 6. The summed E-state index contributed by atoms with van der Waals surface area (Å²) in [5.41, 5.74) is 0.210. The highest BCUT2D eigenvalue weighted by molar-refractivity contribution is 6.03. The first kappa shape index (κ1) is 15.7. The number of esters is 2. The number of ketones is 1. The summed E-state index contributed by atoms with van der Waals surface area (Å²) in [4.78, 5) is 34.7. The van der Waals surface area contributed by atoms with Gasteiger partial charge in [0.1, 0.15) is 5.75 Å². The standard InChI is InChI=1S/C14H16O6/c1-4-19-14(17)12(9(2)15)20-13(16)10-5-7-11(18-3)8-6-10/h5-8,12H,4H2,1-3H3. The van der Waals surface area contributed by atoms with Crippen LogP contribution in [-0.2, 0) is 19.1 Å². The predicted molar refractivity (Wildman–Crippen MR) is 69.5 cm³/mol. The van der Waals surface area contributed by atoms with Gasteiger partial charge in [0.15, 0.2) is 5.78 Å². The van der Waals surface area contributed by atoms with E-state index in [1.165, 1.54) is 19.2 Å². The fourth-order valence-electron chi connectivity index (χ4n) is 1.42. The summed E-state index contributed by atoms with van der Waals surface area (Å²) < 4.78 is 14.5. The van der Waals surface area contributed by atoms with Gasteiger partial charge in [-0.25, -0.2) is 9.59 Å². The number of carbonyl (C=O) groups excluding carboxylic acids is 3. The number of benzene rings is 1. The number of hydrogen-bond donors (Lipinski definition) is 0. The van der Waals surface area contributed by atoms with Crippen molar-refractivity contribution in [3.63, 3.8) is 0 Å². The first-order valence-corrected chi connectivity index (χ1v) is 6.01. The van der Waals surface area contributed by atoms with E-state index >= 15 is 0 Å². The van der Waals surface area contributed by atoms with Gasteiger partial charge in [0.05, 0.1) is 19.3 Å². The van der Waals surface area contributed by atoms with E-state index in [-0.39, 0.29) is 12.2 Å². The Morgan fingerprint density at radius 2 is 1.75 bits per heavy atom. The zero-order valence-corrected chi connectivity index (χ0v) is 11.5. The maximum absolute atomic E-state index is 11.8. The molecule has 0 heterocycles. The van der Waals surface area contributed by atoms with Crippen molar-refractivity contribution in [2.45, 2.75) is 20.0 Å². The molecule has 0 radical (unpaired) electrons. The van der Waals surface area contributed by atoms with Crippen LogP contribution in [0.5, 0.6) is 5.75 Å². The number of ether oxygens (including phenoxy) is 3. The molecule has 0 amide bonds. The fourth-order valence-corrected chi connectivity index (χ4v) is 1.42. The zero-order chi connectivity index (χ0) is 15.1. The van der Waals surface area contributed by atoms with E-state index in [1.54, 1.807) is 19.1 Å². The molecule has 6 nitrogen and oxygen atoms in total. The van der Waals surface area contributed by atoms with Crippen LogP contribution in [0.25, 0.3) is 0 Å². The Bertz CT molecular complexity index is 491. The SMILES string of the molecule is CCOC(=O)C(OC(=O)c1ccc(OC)cc1)C(C)=O. The molecule has 0 spiro atoms. The van der Waals surface area contributed by atoms with Crippen molar-refractivity contribution in [2.75, 3.05) is 13.7 Å². The third-order valence-electron chi connectivity index (χ3n) is 2.42. The molecule has 1 aromatic rings. The molecular formula is C14H16O6. The third kappa shape index (κ3) is 4.08. The number of rotatable bonds is 6. The van der Waals surface area contributed by atoms with Crippen molar-refractivity contribution >= 4 is 17.7 Å². The summed E-state index contributed by atoms with van der Waals surface area (Å²) >= 11 is 0. The van der Waals surface area contributed by atoms with Gasteiger partial charge < -0.3 is 14.2 Å². The van der Waals surface area contributed by atoms with Gasteiger partial charge in [0.25, 0.3) is 6.10 Å². The van der Waals surface area contributed by atoms with Crippen LogP contribution in [0.2, 0.25) is 0 Å². The molecule has 1 aromatic carbocycles. The zero-order valence-electron chi connectivity index (χ0n) is 11.5. The van der Waals surface area contributed by atoms with E-state index in [9.17, 15) is 14.4 Å². The lowest BCUT2D eigenvalue weighted by Gasteiger charge is -2.13. The Balaban J connectivity index is 2.79. The van der Waals surface area contributed by atoms with Crippen LogP contribution in [0, 0.1) is 0 Å². The molecule has 0 saturated carbocycles. The molecular weight excluding hydrogens is 264 g/mol. The van der Waals surface area contributed by atoms with Crippen molar-refractivity contribution in [1.82, 2.24) is 0 Å². The third-order valence-corrected chi connectivity index (χ3v) is 2.42. The van der Waals surface area contributed by atoms with Gasteiger partial charge in [-0.3, -0.25) is 4.79 Å². The van der Waals surface area contributed by atoms with Crippen LogP contribution in [0.3, 0.4) is 0 Å². The second kappa shape index (κ2) is 7.28. The average Bonchev–Trinajstić information content (AvgIpc) is 2.44. The normalized spacial score (nSPS) is 11.3. The topological polar surface area (TPSA) is 78.9 Å². The first-order valence-electron chi connectivity index (χ1n) is 6.01. The average molecular weight is 280 g/mol. The molecule has 0 N–H and O–H groups in total. The molecule has 0 aromatic heterocycles. The monoisotopic (exact) mass is 280 g/mol. The van der Waals surface area contributed by atoms with Crippen LogP contribution >= 0.6 is 0 Å². The lowest BCUT2D eigenvalue weighted by molar-refractivity contribution is -0.157. The van der Waals surface area contributed by atoms with Gasteiger partial charge in [-0.1, -0.05) is 0 Å². The number of Topliss-reactive ketones (excluding diaryl/α,β-unsaturated/α-hetero) is 1. The summed E-state index contributed by atoms with van der Waals surface area (Å²) in [6, 6.07) is 6.10. The quantitative estimate of drug-likeness (QED) is 0.578. The molecule has 0 aliphatic rings. The van der Waals surface area contributed by atoms with Crippen LogP contribution in [-0.4, -0.2) is 37.5 Å². The highest BCUT2D eigenvalue weighted by Gasteiger charge is 2.29. The van der Waals surface area contributed by atoms with Crippen LogP contribution < -0.4 is 4.74 Å². The molecule has 1 unspecified atom stereocenters. The molecule has 6 heteroatoms. The Labute approximate surface area is 116 Å². The van der Waals surface area contributed by atoms with E-state index in [4.69, 9.17) is 9.47 Å². The van der Waals surface area contributed by atoms with Crippen LogP contribution in [0.4, 0.5) is 0 Å². The van der Waals surface area contributed by atoms with E-state index < -0.39 is 23.8 Å². The predicted octanol–water partition coefficient (Wildman–Crippen LogP) is 1.37. The maximum Gasteiger partial charge on any atom is 0.355 e.